The number of halogens is 3. The van der Waals surface area contributed by atoms with E-state index in [0.29, 0.717) is 31.4 Å². The van der Waals surface area contributed by atoms with E-state index in [4.69, 9.17) is 4.74 Å². The highest BCUT2D eigenvalue weighted by atomic mass is 19.4. The number of urea groups is 1. The van der Waals surface area contributed by atoms with Crippen LogP contribution in [0, 0.1) is 5.92 Å². The number of anilines is 1. The maximum absolute atomic E-state index is 12.2. The van der Waals surface area contributed by atoms with Gasteiger partial charge in [-0.2, -0.15) is 0 Å². The molecule has 1 unspecified atom stereocenters. The summed E-state index contributed by atoms with van der Waals surface area (Å²) in [5, 5.41) is 5.46. The Morgan fingerprint density at radius 2 is 1.85 bits per heavy atom. The fourth-order valence-corrected chi connectivity index (χ4v) is 2.97. The first-order chi connectivity index (χ1) is 12.7. The molecular weight excluding hydrogens is 363 g/mol. The van der Waals surface area contributed by atoms with Crippen LogP contribution < -0.4 is 15.4 Å². The average Bonchev–Trinajstić information content (AvgIpc) is 2.59. The zero-order valence-corrected chi connectivity index (χ0v) is 15.5. The number of nitrogens with one attached hydrogen (secondary N) is 2. The van der Waals surface area contributed by atoms with Crippen molar-refractivity contribution in [3.63, 3.8) is 0 Å². The van der Waals surface area contributed by atoms with Gasteiger partial charge in [-0.05, 0) is 36.6 Å². The summed E-state index contributed by atoms with van der Waals surface area (Å²) in [6.45, 7) is 7.80. The summed E-state index contributed by atoms with van der Waals surface area (Å²) < 4.78 is 45.7. The van der Waals surface area contributed by atoms with E-state index in [2.05, 4.69) is 34.1 Å². The van der Waals surface area contributed by atoms with Gasteiger partial charge in [0.05, 0.1) is 13.2 Å². The number of carbonyl (C=O) groups excluding carboxylic acids is 1. The van der Waals surface area contributed by atoms with E-state index >= 15 is 0 Å². The van der Waals surface area contributed by atoms with Crippen LogP contribution in [-0.2, 0) is 4.74 Å². The van der Waals surface area contributed by atoms with Crippen molar-refractivity contribution in [1.82, 2.24) is 10.2 Å². The van der Waals surface area contributed by atoms with Crippen molar-refractivity contribution >= 4 is 11.7 Å². The molecule has 6 nitrogen and oxygen atoms in total. The largest absolute Gasteiger partial charge is 0.573 e. The van der Waals surface area contributed by atoms with Gasteiger partial charge in [0.25, 0.3) is 0 Å². The number of benzene rings is 1. The number of nitrogens with zero attached hydrogens (tertiary/aromatic N) is 1. The maximum atomic E-state index is 12.2. The molecule has 0 spiro atoms. The van der Waals surface area contributed by atoms with Crippen LogP contribution in [0.25, 0.3) is 0 Å². The topological polar surface area (TPSA) is 62.8 Å². The summed E-state index contributed by atoms with van der Waals surface area (Å²) in [5.41, 5.74) is 0.383. The lowest BCUT2D eigenvalue weighted by Gasteiger charge is -2.35. The van der Waals surface area contributed by atoms with E-state index in [-0.39, 0.29) is 11.8 Å². The Hall–Kier alpha value is -2.00. The highest BCUT2D eigenvalue weighted by Gasteiger charge is 2.31. The molecule has 1 atom stereocenters. The zero-order chi connectivity index (χ0) is 19.9. The van der Waals surface area contributed by atoms with Gasteiger partial charge in [0.2, 0.25) is 0 Å². The number of alkyl halides is 3. The monoisotopic (exact) mass is 389 g/mol. The molecule has 1 heterocycles. The molecule has 2 rings (SSSR count). The van der Waals surface area contributed by atoms with Crippen LogP contribution in [0.3, 0.4) is 0 Å². The standard InChI is InChI=1S/C18H26F3N3O3/c1-13(2)11-15(24-7-9-26-10-8-24)12-22-17(25)23-14-3-5-16(6-4-14)27-18(19,20)21/h3-6,13,15H,7-12H2,1-2H3,(H2,22,23,25). The second-order valence-corrected chi connectivity index (χ2v) is 6.84. The molecule has 0 aliphatic carbocycles. The first-order valence-electron chi connectivity index (χ1n) is 8.95. The van der Waals surface area contributed by atoms with Gasteiger partial charge in [0, 0.05) is 31.4 Å². The van der Waals surface area contributed by atoms with Crippen molar-refractivity contribution in [2.24, 2.45) is 5.92 Å². The number of amides is 2. The molecule has 1 saturated heterocycles. The second-order valence-electron chi connectivity index (χ2n) is 6.84. The minimum Gasteiger partial charge on any atom is -0.406 e. The summed E-state index contributed by atoms with van der Waals surface area (Å²) in [6, 6.07) is 4.82. The Balaban J connectivity index is 1.84. The smallest absolute Gasteiger partial charge is 0.406 e. The lowest BCUT2D eigenvalue weighted by atomic mass is 10.0. The van der Waals surface area contributed by atoms with Gasteiger partial charge >= 0.3 is 12.4 Å². The van der Waals surface area contributed by atoms with Gasteiger partial charge in [-0.3, -0.25) is 4.90 Å². The first-order valence-corrected chi connectivity index (χ1v) is 8.95. The van der Waals surface area contributed by atoms with Crippen molar-refractivity contribution in [3.8, 4) is 5.75 Å². The fraction of sp³-hybridized carbons (Fsp3) is 0.611. The molecule has 2 N–H and O–H groups in total. The number of rotatable bonds is 7. The molecular formula is C18H26F3N3O3. The van der Waals surface area contributed by atoms with Crippen molar-refractivity contribution in [1.29, 1.82) is 0 Å². The number of ether oxygens (including phenoxy) is 2. The van der Waals surface area contributed by atoms with Gasteiger partial charge in [-0.15, -0.1) is 13.2 Å². The van der Waals surface area contributed by atoms with Gasteiger partial charge in [0.15, 0.2) is 0 Å². The third kappa shape index (κ3) is 8.04. The molecule has 0 saturated carbocycles. The highest BCUT2D eigenvalue weighted by molar-refractivity contribution is 5.89. The number of morpholine rings is 1. The minimum atomic E-state index is -4.74. The molecule has 1 aromatic carbocycles. The van der Waals surface area contributed by atoms with Crippen LogP contribution >= 0.6 is 0 Å². The number of carbonyl (C=O) groups is 1. The Labute approximate surface area is 157 Å². The second kappa shape index (κ2) is 9.80. The van der Waals surface area contributed by atoms with Crippen molar-refractivity contribution in [3.05, 3.63) is 24.3 Å². The SMILES string of the molecule is CC(C)CC(CNC(=O)Nc1ccc(OC(F)(F)F)cc1)N1CCOCC1. The first kappa shape index (κ1) is 21.3. The molecule has 1 aromatic rings. The van der Waals surface area contributed by atoms with Gasteiger partial charge < -0.3 is 20.1 Å². The van der Waals surface area contributed by atoms with Crippen LogP contribution in [-0.4, -0.2) is 56.2 Å². The van der Waals surface area contributed by atoms with Gasteiger partial charge in [-0.1, -0.05) is 13.8 Å². The molecule has 1 fully saturated rings. The Kier molecular flexibility index (Phi) is 7.73. The Morgan fingerprint density at radius 3 is 2.41 bits per heavy atom. The summed E-state index contributed by atoms with van der Waals surface area (Å²) in [6.07, 6.45) is -3.79. The summed E-state index contributed by atoms with van der Waals surface area (Å²) in [5.74, 6) is 0.154. The van der Waals surface area contributed by atoms with Gasteiger partial charge in [-0.25, -0.2) is 4.79 Å². The predicted molar refractivity (Wildman–Crippen MR) is 95.8 cm³/mol. The van der Waals surface area contributed by atoms with Crippen LogP contribution in [0.15, 0.2) is 24.3 Å². The van der Waals surface area contributed by atoms with E-state index in [0.717, 1.165) is 31.6 Å². The maximum Gasteiger partial charge on any atom is 0.573 e. The lowest BCUT2D eigenvalue weighted by Crippen LogP contribution is -2.49. The molecule has 0 aromatic heterocycles. The van der Waals surface area contributed by atoms with E-state index in [1.54, 1.807) is 0 Å². The molecule has 0 radical (unpaired) electrons. The molecule has 1 aliphatic rings. The lowest BCUT2D eigenvalue weighted by molar-refractivity contribution is -0.274. The predicted octanol–water partition coefficient (Wildman–Crippen LogP) is 3.45. The Morgan fingerprint density at radius 1 is 1.22 bits per heavy atom. The highest BCUT2D eigenvalue weighted by Crippen LogP contribution is 2.23. The van der Waals surface area contributed by atoms with E-state index in [9.17, 15) is 18.0 Å². The zero-order valence-electron chi connectivity index (χ0n) is 15.5. The minimum absolute atomic E-state index is 0.210. The third-order valence-corrected chi connectivity index (χ3v) is 4.15. The van der Waals surface area contributed by atoms with Crippen LogP contribution in [0.1, 0.15) is 20.3 Å². The summed E-state index contributed by atoms with van der Waals surface area (Å²) in [7, 11) is 0. The summed E-state index contributed by atoms with van der Waals surface area (Å²) in [4.78, 5) is 14.4. The van der Waals surface area contributed by atoms with Crippen LogP contribution in [0.2, 0.25) is 0 Å². The molecule has 1 aliphatic heterocycles. The van der Waals surface area contributed by atoms with Crippen molar-refractivity contribution in [2.45, 2.75) is 32.7 Å². The third-order valence-electron chi connectivity index (χ3n) is 4.15. The molecule has 9 heteroatoms. The fourth-order valence-electron chi connectivity index (χ4n) is 2.97. The van der Waals surface area contributed by atoms with Crippen LogP contribution in [0.5, 0.6) is 5.75 Å². The normalized spacial score (nSPS) is 16.8. The Bertz CT molecular complexity index is 588. The molecule has 0 bridgehead atoms. The average molecular weight is 389 g/mol. The van der Waals surface area contributed by atoms with Crippen molar-refractivity contribution in [2.75, 3.05) is 38.2 Å². The van der Waals surface area contributed by atoms with E-state index < -0.39 is 12.4 Å². The van der Waals surface area contributed by atoms with Crippen LogP contribution in [0.4, 0.5) is 23.7 Å². The number of hydrogen-bond donors (Lipinski definition) is 2. The quantitative estimate of drug-likeness (QED) is 0.750. The number of hydrogen-bond acceptors (Lipinski definition) is 4. The summed E-state index contributed by atoms with van der Waals surface area (Å²) >= 11 is 0. The van der Waals surface area contributed by atoms with E-state index in [1.165, 1.54) is 12.1 Å². The van der Waals surface area contributed by atoms with E-state index in [1.807, 2.05) is 0 Å². The molecule has 2 amide bonds. The molecule has 27 heavy (non-hydrogen) atoms. The van der Waals surface area contributed by atoms with Crippen molar-refractivity contribution < 1.29 is 27.4 Å². The van der Waals surface area contributed by atoms with Gasteiger partial charge in [0.1, 0.15) is 5.75 Å². The molecule has 152 valence electrons.